The van der Waals surface area contributed by atoms with Crippen molar-refractivity contribution < 1.29 is 56.9 Å². The average Bonchev–Trinajstić information content (AvgIpc) is 0.754. The number of nitrogens with zero attached hydrogens (tertiary/aromatic N) is 3. The summed E-state index contributed by atoms with van der Waals surface area (Å²) in [6.07, 6.45) is 0. The number of hydrogen-bond donors (Lipinski definition) is 0. The first-order valence-corrected chi connectivity index (χ1v) is 33.6. The number of benzene rings is 12. The highest BCUT2D eigenvalue weighted by Gasteiger charge is 2.60. The van der Waals surface area contributed by atoms with Gasteiger partial charge in [0.05, 0.1) is 0 Å². The Hall–Kier alpha value is -11.4. The van der Waals surface area contributed by atoms with Crippen LogP contribution in [0.25, 0.3) is 0 Å². The Morgan fingerprint density at radius 3 is 0.469 bits per heavy atom. The first-order valence-electron chi connectivity index (χ1n) is 30.1. The minimum absolute atomic E-state index is 0.192. The van der Waals surface area contributed by atoms with Gasteiger partial charge < -0.3 is 28.1 Å². The molecule has 1 heterocycles. The van der Waals surface area contributed by atoms with Crippen molar-refractivity contribution in [3.63, 3.8) is 0 Å². The molecule has 1 saturated heterocycles. The van der Waals surface area contributed by atoms with Gasteiger partial charge in [-0.05, 0) is 146 Å². The van der Waals surface area contributed by atoms with Crippen LogP contribution in [0.3, 0.4) is 0 Å². The van der Waals surface area contributed by atoms with Crippen molar-refractivity contribution in [1.82, 2.24) is 13.8 Å². The third-order valence-corrected chi connectivity index (χ3v) is 21.0. The van der Waals surface area contributed by atoms with Crippen LogP contribution >= 0.6 is 25.3 Å². The van der Waals surface area contributed by atoms with Crippen molar-refractivity contribution >= 4 is 60.0 Å². The molecule has 0 saturated carbocycles. The van der Waals surface area contributed by atoms with Gasteiger partial charge >= 0.3 is 25.3 Å². The van der Waals surface area contributed by atoms with Gasteiger partial charge in [0.15, 0.2) is 34.7 Å². The molecule has 0 radical (unpaired) electrons. The summed E-state index contributed by atoms with van der Waals surface area (Å²) in [4.78, 5) is 105. The second-order valence-electron chi connectivity index (χ2n) is 21.4. The van der Waals surface area contributed by atoms with E-state index in [0.29, 0.717) is 66.8 Å². The zero-order valence-corrected chi connectivity index (χ0v) is 53.4. The van der Waals surface area contributed by atoms with Crippen molar-refractivity contribution in [2.24, 2.45) is 0 Å². The number of carbonyl (C=O) groups excluding carboxylic acids is 6. The maximum atomic E-state index is 13.9. The van der Waals surface area contributed by atoms with Crippen molar-refractivity contribution in [3.8, 4) is 34.5 Å². The third-order valence-electron chi connectivity index (χ3n) is 14.9. The lowest BCUT2D eigenvalue weighted by Gasteiger charge is -2.47. The standard InChI is InChI=1S/C78H54N3O12P3/c82-73(55-19-7-1-8-20-55)61-31-43-67(44-32-61)88-79-94(91-70-49-37-64(38-50-70)76(85)58-25-13-4-14-26-58)80(89-68-45-33-62(34-46-68)74(83)56-21-9-2-10-22-56)96(93-72-53-41-66(42-54-72)78(87)60-29-17-6-18-30-60)81(90-69-47-35-63(36-48-69)75(84)57-23-11-3-12-24-57)95(79)92-71-51-39-65(40-52-71)77(86)59-27-15-5-16-28-59/h1-54H. The quantitative estimate of drug-likeness (QED) is 0.0414. The van der Waals surface area contributed by atoms with Crippen LogP contribution in [0.1, 0.15) is 95.5 Å². The molecule has 0 bridgehead atoms. The maximum Gasteiger partial charge on any atom is 0.336 e. The van der Waals surface area contributed by atoms with Crippen LogP contribution in [-0.4, -0.2) is 48.5 Å². The van der Waals surface area contributed by atoms with Gasteiger partial charge in [0, 0.05) is 80.6 Å². The predicted molar refractivity (Wildman–Crippen MR) is 368 cm³/mol. The Morgan fingerprint density at radius 1 is 0.177 bits per heavy atom. The first-order chi connectivity index (χ1) is 47.1. The fraction of sp³-hybridized carbons (Fsp3) is 0. The molecular weight excluding hydrogens is 1260 g/mol. The summed E-state index contributed by atoms with van der Waals surface area (Å²) in [5.74, 6) is -0.106. The van der Waals surface area contributed by atoms with Gasteiger partial charge in [-0.1, -0.05) is 182 Å². The van der Waals surface area contributed by atoms with E-state index in [4.69, 9.17) is 28.1 Å². The molecule has 0 aromatic heterocycles. The highest BCUT2D eigenvalue weighted by Crippen LogP contribution is 2.77. The van der Waals surface area contributed by atoms with Gasteiger partial charge in [0.1, 0.15) is 34.5 Å². The summed E-state index contributed by atoms with van der Waals surface area (Å²) in [5, 5.41) is 0. The Labute approximate surface area is 556 Å². The molecule has 0 atom stereocenters. The molecule has 12 aromatic carbocycles. The first kappa shape index (κ1) is 63.4. The minimum atomic E-state index is -2.67. The minimum Gasteiger partial charge on any atom is -0.440 e. The molecule has 0 amide bonds. The van der Waals surface area contributed by atoms with Crippen LogP contribution in [0.2, 0.25) is 0 Å². The molecule has 1 fully saturated rings. The van der Waals surface area contributed by atoms with Crippen LogP contribution in [0, 0.1) is 0 Å². The molecule has 15 nitrogen and oxygen atoms in total. The van der Waals surface area contributed by atoms with E-state index in [0.717, 1.165) is 0 Å². The van der Waals surface area contributed by atoms with E-state index >= 15 is 0 Å². The zero-order chi connectivity index (χ0) is 65.7. The monoisotopic (exact) mass is 1320 g/mol. The summed E-state index contributed by atoms with van der Waals surface area (Å²) >= 11 is 0. The second-order valence-corrected chi connectivity index (χ2v) is 26.6. The Bertz CT molecular complexity index is 3890. The normalized spacial score (nSPS) is 14.7. The van der Waals surface area contributed by atoms with E-state index in [1.54, 1.807) is 291 Å². The molecule has 0 aliphatic carbocycles. The van der Waals surface area contributed by atoms with Crippen LogP contribution in [0.5, 0.6) is 34.5 Å². The van der Waals surface area contributed by atoms with Crippen LogP contribution in [-0.2, 0) is 0 Å². The number of ketones is 6. The van der Waals surface area contributed by atoms with E-state index in [2.05, 4.69) is 0 Å². The summed E-state index contributed by atoms with van der Waals surface area (Å²) < 4.78 is 26.0. The summed E-state index contributed by atoms with van der Waals surface area (Å²) in [5.41, 5.74) is 5.09. The fourth-order valence-electron chi connectivity index (χ4n) is 9.92. The van der Waals surface area contributed by atoms with Gasteiger partial charge in [0.2, 0.25) is 0 Å². The number of rotatable bonds is 24. The van der Waals surface area contributed by atoms with Gasteiger partial charge in [-0.15, -0.1) is 0 Å². The average molecular weight is 1320 g/mol. The zero-order valence-electron chi connectivity index (χ0n) is 50.8. The van der Waals surface area contributed by atoms with Crippen molar-refractivity contribution in [2.75, 3.05) is 0 Å². The second kappa shape index (κ2) is 29.7. The number of carbonyl (C=O) groups is 6. The number of hydrogen-bond acceptors (Lipinski definition) is 15. The molecule has 0 N–H and O–H groups in total. The van der Waals surface area contributed by atoms with Crippen LogP contribution < -0.4 is 28.1 Å². The summed E-state index contributed by atoms with van der Waals surface area (Å²) in [6.45, 7) is 0. The van der Waals surface area contributed by atoms with Crippen LogP contribution in [0.15, 0.2) is 328 Å². The summed E-state index contributed by atoms with van der Waals surface area (Å²) in [7, 11) is -8.02. The van der Waals surface area contributed by atoms with Gasteiger partial charge in [-0.25, -0.2) is 0 Å². The van der Waals surface area contributed by atoms with Gasteiger partial charge in [0.25, 0.3) is 0 Å². The molecule has 13 rings (SSSR count). The SMILES string of the molecule is O=C(c1ccccc1)c1ccc(ON2P(Oc3ccc(C(=O)c4ccccc4)cc3)N(Oc3ccc(C(=O)c4ccccc4)cc3)P(Oc3ccc(C(=O)c4ccccc4)cc3)N(Oc3ccc(C(=O)c4ccccc4)cc3)P2Oc2ccc(C(=O)c3ccccc3)cc2)cc1. The van der Waals surface area contributed by atoms with E-state index in [-0.39, 0.29) is 69.2 Å². The lowest BCUT2D eigenvalue weighted by Crippen LogP contribution is -2.44. The molecule has 1 aliphatic rings. The van der Waals surface area contributed by atoms with Crippen molar-refractivity contribution in [2.45, 2.75) is 0 Å². The van der Waals surface area contributed by atoms with E-state index in [1.165, 1.54) is 13.8 Å². The Morgan fingerprint density at radius 2 is 0.312 bits per heavy atom. The largest absolute Gasteiger partial charge is 0.440 e. The van der Waals surface area contributed by atoms with Crippen molar-refractivity contribution in [1.29, 1.82) is 0 Å². The Balaban J connectivity index is 0.981. The third kappa shape index (κ3) is 14.8. The topological polar surface area (TPSA) is 168 Å². The lowest BCUT2D eigenvalue weighted by atomic mass is 10.0. The van der Waals surface area contributed by atoms with E-state index < -0.39 is 25.3 Å². The molecule has 96 heavy (non-hydrogen) atoms. The van der Waals surface area contributed by atoms with Gasteiger partial charge in [-0.2, -0.15) is 0 Å². The van der Waals surface area contributed by atoms with E-state index in [1.807, 2.05) is 36.4 Å². The lowest BCUT2D eigenvalue weighted by molar-refractivity contribution is 0.0103. The highest BCUT2D eigenvalue weighted by molar-refractivity contribution is 7.78. The molecule has 0 unspecified atom stereocenters. The molecule has 1 aliphatic heterocycles. The fourth-order valence-corrected chi connectivity index (χ4v) is 16.7. The van der Waals surface area contributed by atoms with Crippen LogP contribution in [0.4, 0.5) is 0 Å². The van der Waals surface area contributed by atoms with Crippen molar-refractivity contribution in [3.05, 3.63) is 394 Å². The highest BCUT2D eigenvalue weighted by atomic mass is 31.3. The molecule has 0 spiro atoms. The molecule has 468 valence electrons. The molecule has 12 aromatic rings. The van der Waals surface area contributed by atoms with Gasteiger partial charge in [-0.3, -0.25) is 28.8 Å². The van der Waals surface area contributed by atoms with E-state index in [9.17, 15) is 28.8 Å². The smallest absolute Gasteiger partial charge is 0.336 e. The predicted octanol–water partition coefficient (Wildman–Crippen LogP) is 18.2. The molecule has 18 heteroatoms. The molecular formula is C78H54N3O12P3. The Kier molecular flexibility index (Phi) is 19.6. The maximum absolute atomic E-state index is 13.9. The summed E-state index contributed by atoms with van der Waals surface area (Å²) in [6, 6.07) is 92.4.